The maximum absolute atomic E-state index is 12.2. The van der Waals surface area contributed by atoms with Gasteiger partial charge in [0.1, 0.15) is 0 Å². The number of hydrogen-bond acceptors (Lipinski definition) is 4. The van der Waals surface area contributed by atoms with Crippen LogP contribution in [0.15, 0.2) is 30.3 Å². The topological polar surface area (TPSA) is 56.8 Å². The lowest BCUT2D eigenvalue weighted by Crippen LogP contribution is -2.14. The fraction of sp³-hybridized carbons (Fsp3) is 0.235. The van der Waals surface area contributed by atoms with Crippen LogP contribution >= 0.6 is 23.2 Å². The van der Waals surface area contributed by atoms with Gasteiger partial charge in [-0.3, -0.25) is 4.79 Å². The zero-order valence-corrected chi connectivity index (χ0v) is 15.0. The molecule has 0 aliphatic carbocycles. The lowest BCUT2D eigenvalue weighted by molar-refractivity contribution is -0.115. The highest BCUT2D eigenvalue weighted by Crippen LogP contribution is 2.38. The van der Waals surface area contributed by atoms with Crippen LogP contribution in [0.3, 0.4) is 0 Å². The van der Waals surface area contributed by atoms with E-state index in [-0.39, 0.29) is 12.3 Å². The van der Waals surface area contributed by atoms with E-state index in [2.05, 4.69) is 5.32 Å². The van der Waals surface area contributed by atoms with Gasteiger partial charge >= 0.3 is 0 Å². The maximum Gasteiger partial charge on any atom is 0.228 e. The van der Waals surface area contributed by atoms with E-state index in [0.29, 0.717) is 33.0 Å². The quantitative estimate of drug-likeness (QED) is 0.828. The zero-order chi connectivity index (χ0) is 17.7. The summed E-state index contributed by atoms with van der Waals surface area (Å²) in [5.74, 6) is 1.26. The Labute approximate surface area is 150 Å². The molecular formula is C17H17Cl2NO4. The lowest BCUT2D eigenvalue weighted by atomic mass is 10.1. The highest BCUT2D eigenvalue weighted by Gasteiger charge is 2.15. The minimum absolute atomic E-state index is 0.136. The van der Waals surface area contributed by atoms with E-state index in [9.17, 15) is 4.79 Å². The second-order valence-electron chi connectivity index (χ2n) is 4.89. The number of carbonyl (C=O) groups excluding carboxylic acids is 1. The minimum Gasteiger partial charge on any atom is -0.493 e. The third-order valence-electron chi connectivity index (χ3n) is 3.29. The van der Waals surface area contributed by atoms with Gasteiger partial charge in [-0.25, -0.2) is 0 Å². The van der Waals surface area contributed by atoms with Crippen molar-refractivity contribution in [1.82, 2.24) is 0 Å². The Kier molecular flexibility index (Phi) is 6.17. The Bertz CT molecular complexity index is 724. The summed E-state index contributed by atoms with van der Waals surface area (Å²) in [5.41, 5.74) is 1.30. The van der Waals surface area contributed by atoms with Crippen LogP contribution in [0.1, 0.15) is 5.56 Å². The van der Waals surface area contributed by atoms with Crippen LogP contribution in [0, 0.1) is 0 Å². The summed E-state index contributed by atoms with van der Waals surface area (Å²) in [7, 11) is 4.57. The molecule has 1 N–H and O–H groups in total. The van der Waals surface area contributed by atoms with Crippen LogP contribution in [0.2, 0.25) is 10.0 Å². The molecule has 7 heteroatoms. The fourth-order valence-electron chi connectivity index (χ4n) is 2.20. The van der Waals surface area contributed by atoms with E-state index in [4.69, 9.17) is 37.4 Å². The van der Waals surface area contributed by atoms with Crippen molar-refractivity contribution < 1.29 is 19.0 Å². The van der Waals surface area contributed by atoms with Crippen LogP contribution in [0.25, 0.3) is 0 Å². The van der Waals surface area contributed by atoms with Crippen molar-refractivity contribution in [2.75, 3.05) is 26.6 Å². The molecule has 24 heavy (non-hydrogen) atoms. The summed E-state index contributed by atoms with van der Waals surface area (Å²) in [6.07, 6.45) is 0.136. The first-order chi connectivity index (χ1) is 11.5. The largest absolute Gasteiger partial charge is 0.493 e. The van der Waals surface area contributed by atoms with Gasteiger partial charge in [-0.1, -0.05) is 23.2 Å². The molecule has 0 aromatic heterocycles. The normalized spacial score (nSPS) is 10.2. The van der Waals surface area contributed by atoms with Gasteiger partial charge in [0.05, 0.1) is 37.8 Å². The first-order valence-corrected chi connectivity index (χ1v) is 7.77. The average Bonchev–Trinajstić information content (AvgIpc) is 2.57. The second kappa shape index (κ2) is 8.13. The molecule has 2 aromatic carbocycles. The van der Waals surface area contributed by atoms with Crippen molar-refractivity contribution in [1.29, 1.82) is 0 Å². The van der Waals surface area contributed by atoms with Crippen LogP contribution in [0.4, 0.5) is 5.69 Å². The third kappa shape index (κ3) is 4.24. The van der Waals surface area contributed by atoms with Crippen LogP contribution < -0.4 is 19.5 Å². The molecule has 0 fully saturated rings. The first-order valence-electron chi connectivity index (χ1n) is 7.02. The Morgan fingerprint density at radius 3 is 2.08 bits per heavy atom. The smallest absolute Gasteiger partial charge is 0.228 e. The molecule has 128 valence electrons. The molecule has 0 saturated carbocycles. The first kappa shape index (κ1) is 18.2. The molecule has 0 saturated heterocycles. The molecule has 0 atom stereocenters. The van der Waals surface area contributed by atoms with Gasteiger partial charge < -0.3 is 19.5 Å². The number of rotatable bonds is 6. The van der Waals surface area contributed by atoms with Gasteiger partial charge in [0.25, 0.3) is 0 Å². The lowest BCUT2D eigenvalue weighted by Gasteiger charge is -2.14. The summed E-state index contributed by atoms with van der Waals surface area (Å²) in [6.45, 7) is 0. The molecule has 0 aliphatic rings. The second-order valence-corrected chi connectivity index (χ2v) is 5.70. The molecule has 0 unspecified atom stereocenters. The molecule has 1 amide bonds. The summed E-state index contributed by atoms with van der Waals surface area (Å²) in [5, 5.41) is 3.57. The number of nitrogens with one attached hydrogen (secondary N) is 1. The molecule has 2 rings (SSSR count). The molecule has 0 aliphatic heterocycles. The summed E-state index contributed by atoms with van der Waals surface area (Å²) < 4.78 is 15.8. The van der Waals surface area contributed by atoms with E-state index in [0.717, 1.165) is 5.56 Å². The van der Waals surface area contributed by atoms with E-state index in [1.54, 1.807) is 30.3 Å². The fourth-order valence-corrected chi connectivity index (χ4v) is 2.50. The van der Waals surface area contributed by atoms with E-state index in [1.165, 1.54) is 21.3 Å². The van der Waals surface area contributed by atoms with Gasteiger partial charge in [-0.15, -0.1) is 0 Å². The Morgan fingerprint density at radius 1 is 0.958 bits per heavy atom. The molecular weight excluding hydrogens is 353 g/mol. The number of ether oxygens (including phenoxy) is 3. The number of hydrogen-bond donors (Lipinski definition) is 1. The van der Waals surface area contributed by atoms with Gasteiger partial charge in [0.2, 0.25) is 11.7 Å². The Balaban J connectivity index is 2.17. The van der Waals surface area contributed by atoms with E-state index < -0.39 is 0 Å². The number of carbonyl (C=O) groups is 1. The van der Waals surface area contributed by atoms with Crippen LogP contribution in [-0.2, 0) is 11.2 Å². The number of benzene rings is 2. The van der Waals surface area contributed by atoms with Crippen molar-refractivity contribution in [2.45, 2.75) is 6.42 Å². The van der Waals surface area contributed by atoms with E-state index >= 15 is 0 Å². The number of amides is 1. The number of anilines is 1. The molecule has 0 bridgehead atoms. The van der Waals surface area contributed by atoms with Crippen molar-refractivity contribution in [3.05, 3.63) is 45.9 Å². The number of halogens is 2. The predicted molar refractivity (Wildman–Crippen MR) is 94.9 cm³/mol. The van der Waals surface area contributed by atoms with Crippen molar-refractivity contribution in [3.8, 4) is 17.2 Å². The van der Waals surface area contributed by atoms with Crippen molar-refractivity contribution in [3.63, 3.8) is 0 Å². The molecule has 2 aromatic rings. The van der Waals surface area contributed by atoms with Gasteiger partial charge in [-0.2, -0.15) is 0 Å². The minimum atomic E-state index is -0.206. The van der Waals surface area contributed by atoms with Gasteiger partial charge in [-0.05, 0) is 35.9 Å². The van der Waals surface area contributed by atoms with Crippen LogP contribution in [0.5, 0.6) is 17.2 Å². The molecule has 5 nitrogen and oxygen atoms in total. The summed E-state index contributed by atoms with van der Waals surface area (Å²) in [6, 6.07) is 8.36. The molecule has 0 spiro atoms. The monoisotopic (exact) mass is 369 g/mol. The summed E-state index contributed by atoms with van der Waals surface area (Å²) >= 11 is 11.8. The number of methoxy groups -OCH3 is 3. The average molecular weight is 370 g/mol. The maximum atomic E-state index is 12.2. The Hall–Kier alpha value is -2.11. The van der Waals surface area contributed by atoms with Gasteiger partial charge in [0.15, 0.2) is 11.5 Å². The van der Waals surface area contributed by atoms with Gasteiger partial charge in [0, 0.05) is 5.69 Å². The Morgan fingerprint density at radius 2 is 1.58 bits per heavy atom. The molecule has 0 radical (unpaired) electrons. The highest BCUT2D eigenvalue weighted by molar-refractivity contribution is 6.42. The van der Waals surface area contributed by atoms with Crippen molar-refractivity contribution in [2.24, 2.45) is 0 Å². The predicted octanol–water partition coefficient (Wildman–Crippen LogP) is 4.20. The molecule has 0 heterocycles. The summed E-state index contributed by atoms with van der Waals surface area (Å²) in [4.78, 5) is 12.2. The SMILES string of the molecule is COc1cc(CC(=O)Nc2ccc(Cl)c(Cl)c2)cc(OC)c1OC. The van der Waals surface area contributed by atoms with Crippen LogP contribution in [-0.4, -0.2) is 27.2 Å². The van der Waals surface area contributed by atoms with E-state index in [1.807, 2.05) is 0 Å². The highest BCUT2D eigenvalue weighted by atomic mass is 35.5. The standard InChI is InChI=1S/C17H17Cl2NO4/c1-22-14-6-10(7-15(23-2)17(14)24-3)8-16(21)20-11-4-5-12(18)13(19)9-11/h4-7,9H,8H2,1-3H3,(H,20,21). The third-order valence-corrected chi connectivity index (χ3v) is 4.03. The van der Waals surface area contributed by atoms with Crippen molar-refractivity contribution >= 4 is 34.8 Å². The zero-order valence-electron chi connectivity index (χ0n) is 13.5.